The van der Waals surface area contributed by atoms with Gasteiger partial charge in [0, 0.05) is 0 Å². The Bertz CT molecular complexity index is 512. The maximum atomic E-state index is 12.1. The minimum atomic E-state index is -4.45. The first-order valence-corrected chi connectivity index (χ1v) is 11.1. The van der Waals surface area contributed by atoms with Crippen LogP contribution >= 0.6 is 0 Å². The number of hydrogen-bond donors (Lipinski definition) is 0. The van der Waals surface area contributed by atoms with Crippen molar-refractivity contribution in [2.75, 3.05) is 0 Å². The fourth-order valence-electron chi connectivity index (χ4n) is 1.88. The molecule has 0 radical (unpaired) electrons. The zero-order valence-corrected chi connectivity index (χ0v) is 12.0. The molecule has 86 valence electrons. The zero-order chi connectivity index (χ0) is 12.1. The second kappa shape index (κ2) is 5.51. The van der Waals surface area contributed by atoms with Gasteiger partial charge in [-0.3, -0.25) is 0 Å². The quantitative estimate of drug-likeness (QED) is 0.869. The van der Waals surface area contributed by atoms with E-state index in [1.807, 2.05) is 60.7 Å². The number of benzene rings is 2. The topological polar surface area (TPSA) is 34.1 Å². The van der Waals surface area contributed by atoms with Gasteiger partial charge in [-0.15, -0.1) is 0 Å². The molecule has 0 amide bonds. The Kier molecular flexibility index (Phi) is 4.01. The van der Waals surface area contributed by atoms with Gasteiger partial charge in [0.05, 0.1) is 0 Å². The van der Waals surface area contributed by atoms with Gasteiger partial charge in [0.25, 0.3) is 0 Å². The van der Waals surface area contributed by atoms with Gasteiger partial charge < -0.3 is 0 Å². The average Bonchev–Trinajstić information content (AvgIpc) is 2.30. The van der Waals surface area contributed by atoms with Crippen LogP contribution in [0.2, 0.25) is 0 Å². The van der Waals surface area contributed by atoms with E-state index in [2.05, 4.69) is 0 Å². The molecule has 0 N–H and O–H groups in total. The average molecular weight is 305 g/mol. The van der Waals surface area contributed by atoms with Gasteiger partial charge in [0.2, 0.25) is 0 Å². The maximum absolute atomic E-state index is 12.1. The molecule has 0 spiro atoms. The summed E-state index contributed by atoms with van der Waals surface area (Å²) in [6, 6.07) is 18.8. The first kappa shape index (κ1) is 12.4. The fourth-order valence-corrected chi connectivity index (χ4v) is 6.40. The fraction of sp³-hybridized carbons (Fsp3) is 0.143. The van der Waals surface area contributed by atoms with Gasteiger partial charge >= 0.3 is 106 Å². The number of hydrogen-bond acceptors (Lipinski definition) is 2. The van der Waals surface area contributed by atoms with E-state index in [1.54, 1.807) is 0 Å². The molecule has 2 rings (SSSR count). The van der Waals surface area contributed by atoms with E-state index >= 15 is 0 Å². The Hall–Kier alpha value is -1.08. The van der Waals surface area contributed by atoms with Gasteiger partial charge in [-0.25, -0.2) is 0 Å². The van der Waals surface area contributed by atoms with Crippen molar-refractivity contribution in [3.8, 4) is 0 Å². The molecule has 0 aromatic heterocycles. The van der Waals surface area contributed by atoms with Gasteiger partial charge in [-0.1, -0.05) is 0 Å². The second-order valence-electron chi connectivity index (χ2n) is 4.24. The predicted octanol–water partition coefficient (Wildman–Crippen LogP) is 3.23. The van der Waals surface area contributed by atoms with Gasteiger partial charge in [-0.05, 0) is 0 Å². The minimum absolute atomic E-state index is 0.227. The van der Waals surface area contributed by atoms with Crippen LogP contribution in [0, 0.1) is 0 Å². The van der Waals surface area contributed by atoms with Crippen molar-refractivity contribution in [2.24, 2.45) is 0 Å². The van der Waals surface area contributed by atoms with Gasteiger partial charge in [0.1, 0.15) is 0 Å². The first-order valence-electron chi connectivity index (χ1n) is 5.64. The third kappa shape index (κ3) is 4.01. The molecule has 0 fully saturated rings. The Morgan fingerprint density at radius 1 is 0.647 bits per heavy atom. The molecule has 0 atom stereocenters. The molecular weight excluding hydrogens is 291 g/mol. The van der Waals surface area contributed by atoms with Crippen LogP contribution in [0.15, 0.2) is 60.7 Å². The van der Waals surface area contributed by atoms with Crippen LogP contribution in [-0.2, 0) is 34.2 Å². The molecule has 2 aromatic carbocycles. The summed E-state index contributed by atoms with van der Waals surface area (Å²) in [7, 11) is 0. The standard InChI is InChI=1S/2C7H7.2O.Zr/c2*1-7-5-3-2-4-6-7;;;/h2*2-6H,1H2;;;. The summed E-state index contributed by atoms with van der Waals surface area (Å²) >= 11 is -4.45. The van der Waals surface area contributed by atoms with Crippen LogP contribution in [0.1, 0.15) is 11.1 Å². The molecule has 0 aliphatic heterocycles. The first-order chi connectivity index (χ1) is 8.16. The molecule has 0 saturated carbocycles. The van der Waals surface area contributed by atoms with Crippen molar-refractivity contribution < 1.29 is 25.9 Å². The summed E-state index contributed by atoms with van der Waals surface area (Å²) in [4.78, 5) is 0. The Morgan fingerprint density at radius 2 is 1.00 bits per heavy atom. The van der Waals surface area contributed by atoms with Crippen molar-refractivity contribution in [3.05, 3.63) is 71.8 Å². The van der Waals surface area contributed by atoms with Crippen LogP contribution in [0.5, 0.6) is 0 Å². The zero-order valence-electron chi connectivity index (χ0n) is 9.50. The molecule has 0 heterocycles. The van der Waals surface area contributed by atoms with Gasteiger partial charge in [-0.2, -0.15) is 0 Å². The molecule has 0 aliphatic carbocycles. The van der Waals surface area contributed by atoms with Crippen LogP contribution in [0.3, 0.4) is 0 Å². The van der Waals surface area contributed by atoms with Crippen molar-refractivity contribution >= 4 is 0 Å². The third-order valence-electron chi connectivity index (χ3n) is 2.63. The summed E-state index contributed by atoms with van der Waals surface area (Å²) in [5, 5.41) is 0. The molecule has 0 aliphatic rings. The van der Waals surface area contributed by atoms with Crippen molar-refractivity contribution in [3.63, 3.8) is 0 Å². The Labute approximate surface area is 106 Å². The van der Waals surface area contributed by atoms with Crippen molar-refractivity contribution in [1.82, 2.24) is 0 Å². The summed E-state index contributed by atoms with van der Waals surface area (Å²) in [6.45, 7) is 0. The van der Waals surface area contributed by atoms with Crippen LogP contribution in [0.25, 0.3) is 0 Å². The predicted molar refractivity (Wildman–Crippen MR) is 61.7 cm³/mol. The van der Waals surface area contributed by atoms with Crippen LogP contribution in [0.4, 0.5) is 0 Å². The van der Waals surface area contributed by atoms with E-state index in [-0.39, 0.29) is 8.26 Å². The van der Waals surface area contributed by atoms with Crippen LogP contribution < -0.4 is 0 Å². The van der Waals surface area contributed by atoms with Crippen molar-refractivity contribution in [1.29, 1.82) is 0 Å². The molecule has 2 aromatic rings. The summed E-state index contributed by atoms with van der Waals surface area (Å²) in [5.74, 6) is 0. The van der Waals surface area contributed by atoms with Crippen molar-refractivity contribution in [2.45, 2.75) is 8.26 Å². The molecule has 2 nitrogen and oxygen atoms in total. The Morgan fingerprint density at radius 3 is 1.35 bits per heavy atom. The summed E-state index contributed by atoms with van der Waals surface area (Å²) in [6.07, 6.45) is 0. The van der Waals surface area contributed by atoms with E-state index in [4.69, 9.17) is 0 Å². The van der Waals surface area contributed by atoms with E-state index < -0.39 is 20.3 Å². The number of rotatable bonds is 4. The Balaban J connectivity index is 2.11. The molecule has 0 bridgehead atoms. The van der Waals surface area contributed by atoms with E-state index in [0.29, 0.717) is 0 Å². The summed E-state index contributed by atoms with van der Waals surface area (Å²) < 4.78 is 24.6. The monoisotopic (exact) mass is 304 g/mol. The van der Waals surface area contributed by atoms with E-state index in [0.717, 1.165) is 11.1 Å². The van der Waals surface area contributed by atoms with E-state index in [1.165, 1.54) is 0 Å². The second-order valence-corrected chi connectivity index (χ2v) is 10.5. The molecule has 3 heteroatoms. The SMILES string of the molecule is [O]=[Zr](=[O])([CH2]c1ccccc1)[CH2]c1ccccc1. The molecule has 17 heavy (non-hydrogen) atoms. The van der Waals surface area contributed by atoms with E-state index in [9.17, 15) is 5.63 Å². The van der Waals surface area contributed by atoms with Gasteiger partial charge in [0.15, 0.2) is 0 Å². The normalized spacial score (nSPS) is 10.4. The third-order valence-corrected chi connectivity index (χ3v) is 7.29. The van der Waals surface area contributed by atoms with Crippen LogP contribution in [-0.4, -0.2) is 0 Å². The molecule has 0 saturated heterocycles. The molecular formula is C14H14O2Zr. The molecule has 0 unspecified atom stereocenters. The summed E-state index contributed by atoms with van der Waals surface area (Å²) in [5.41, 5.74) is 1.79.